The van der Waals surface area contributed by atoms with Gasteiger partial charge in [0, 0.05) is 18.5 Å². The summed E-state index contributed by atoms with van der Waals surface area (Å²) in [5.74, 6) is 2.23. The minimum atomic E-state index is 0.278. The van der Waals surface area contributed by atoms with E-state index in [9.17, 15) is 4.79 Å². The second kappa shape index (κ2) is 14.1. The molecule has 4 heteroatoms. The Kier molecular flexibility index (Phi) is 10.3. The van der Waals surface area contributed by atoms with Gasteiger partial charge in [0.25, 0.3) is 0 Å². The summed E-state index contributed by atoms with van der Waals surface area (Å²) < 4.78 is 5.30. The van der Waals surface area contributed by atoms with Gasteiger partial charge in [0.1, 0.15) is 5.75 Å². The van der Waals surface area contributed by atoms with Crippen LogP contribution in [0.2, 0.25) is 0 Å². The van der Waals surface area contributed by atoms with Gasteiger partial charge in [0.05, 0.1) is 7.11 Å². The molecule has 3 aromatic carbocycles. The second-order valence-electron chi connectivity index (χ2n) is 10.4. The van der Waals surface area contributed by atoms with Crippen LogP contribution >= 0.6 is 0 Å². The Morgan fingerprint density at radius 2 is 1.65 bits per heavy atom. The molecule has 1 aliphatic rings. The molecule has 37 heavy (non-hydrogen) atoms. The van der Waals surface area contributed by atoms with Crippen molar-refractivity contribution in [2.24, 2.45) is 5.92 Å². The fraction of sp³-hybridized carbons (Fsp3) is 0.424. The van der Waals surface area contributed by atoms with Crippen molar-refractivity contribution < 1.29 is 9.53 Å². The third kappa shape index (κ3) is 8.28. The van der Waals surface area contributed by atoms with Crippen molar-refractivity contribution in [3.05, 3.63) is 101 Å². The SMILES string of the molecule is CNCCC(Cc1ccc(OC)cc1)c1ccc(C(=O)CCC2CCN(Cc3ccccc3)CC2)cc1. The van der Waals surface area contributed by atoms with Gasteiger partial charge in [-0.3, -0.25) is 9.69 Å². The van der Waals surface area contributed by atoms with E-state index >= 15 is 0 Å². The molecule has 4 rings (SSSR count). The van der Waals surface area contributed by atoms with Gasteiger partial charge in [0.15, 0.2) is 5.78 Å². The Labute approximate surface area is 223 Å². The molecule has 1 aliphatic heterocycles. The number of nitrogens with one attached hydrogen (secondary N) is 1. The first-order chi connectivity index (χ1) is 18.1. The normalized spacial score (nSPS) is 15.4. The van der Waals surface area contributed by atoms with Crippen molar-refractivity contribution in [2.75, 3.05) is 33.8 Å². The number of hydrogen-bond donors (Lipinski definition) is 1. The molecule has 1 saturated heterocycles. The Balaban J connectivity index is 1.26. The van der Waals surface area contributed by atoms with E-state index in [1.165, 1.54) is 29.5 Å². The van der Waals surface area contributed by atoms with Crippen molar-refractivity contribution in [3.8, 4) is 5.75 Å². The number of piperidine rings is 1. The number of benzene rings is 3. The van der Waals surface area contributed by atoms with Crippen molar-refractivity contribution in [1.29, 1.82) is 0 Å². The van der Waals surface area contributed by atoms with Crippen LogP contribution in [-0.2, 0) is 13.0 Å². The largest absolute Gasteiger partial charge is 0.497 e. The predicted molar refractivity (Wildman–Crippen MR) is 152 cm³/mol. The summed E-state index contributed by atoms with van der Waals surface area (Å²) in [7, 11) is 3.70. The lowest BCUT2D eigenvalue weighted by Gasteiger charge is -2.32. The summed E-state index contributed by atoms with van der Waals surface area (Å²) >= 11 is 0. The highest BCUT2D eigenvalue weighted by Crippen LogP contribution is 2.27. The van der Waals surface area contributed by atoms with Crippen molar-refractivity contribution in [2.45, 2.75) is 51.0 Å². The van der Waals surface area contributed by atoms with Gasteiger partial charge in [-0.1, -0.05) is 66.7 Å². The molecule has 196 valence electrons. The molecule has 0 radical (unpaired) electrons. The van der Waals surface area contributed by atoms with Crippen LogP contribution in [0, 0.1) is 5.92 Å². The molecule has 0 amide bonds. The number of ketones is 1. The highest BCUT2D eigenvalue weighted by atomic mass is 16.5. The van der Waals surface area contributed by atoms with E-state index in [-0.39, 0.29) is 5.78 Å². The molecule has 1 heterocycles. The van der Waals surface area contributed by atoms with Crippen LogP contribution in [0.1, 0.15) is 65.1 Å². The number of nitrogens with zero attached hydrogens (tertiary/aromatic N) is 1. The molecule has 0 saturated carbocycles. The number of Topliss-reactive ketones (excluding diaryl/α,β-unsaturated/α-hetero) is 1. The number of carbonyl (C=O) groups is 1. The lowest BCUT2D eigenvalue weighted by molar-refractivity contribution is 0.0961. The van der Waals surface area contributed by atoms with E-state index in [4.69, 9.17) is 4.74 Å². The maximum atomic E-state index is 13.0. The van der Waals surface area contributed by atoms with Gasteiger partial charge in [-0.05, 0) is 99.4 Å². The van der Waals surface area contributed by atoms with E-state index in [2.05, 4.69) is 64.8 Å². The Morgan fingerprint density at radius 3 is 2.30 bits per heavy atom. The summed E-state index contributed by atoms with van der Waals surface area (Å²) in [5, 5.41) is 3.29. The fourth-order valence-electron chi connectivity index (χ4n) is 5.45. The van der Waals surface area contributed by atoms with E-state index < -0.39 is 0 Å². The van der Waals surface area contributed by atoms with Gasteiger partial charge in [-0.2, -0.15) is 0 Å². The first-order valence-electron chi connectivity index (χ1n) is 13.8. The van der Waals surface area contributed by atoms with Gasteiger partial charge in [-0.25, -0.2) is 0 Å². The monoisotopic (exact) mass is 498 g/mol. The number of methoxy groups -OCH3 is 1. The average Bonchev–Trinajstić information content (AvgIpc) is 2.95. The van der Waals surface area contributed by atoms with E-state index in [1.807, 2.05) is 31.3 Å². The smallest absolute Gasteiger partial charge is 0.162 e. The van der Waals surface area contributed by atoms with Crippen LogP contribution in [0.5, 0.6) is 5.75 Å². The molecule has 0 aliphatic carbocycles. The molecule has 1 unspecified atom stereocenters. The number of carbonyl (C=O) groups excluding carboxylic acids is 1. The zero-order valence-corrected chi connectivity index (χ0v) is 22.5. The molecular formula is C33H42N2O2. The molecular weight excluding hydrogens is 456 g/mol. The molecule has 0 aromatic heterocycles. The van der Waals surface area contributed by atoms with Crippen molar-refractivity contribution in [3.63, 3.8) is 0 Å². The zero-order valence-electron chi connectivity index (χ0n) is 22.5. The number of ether oxygens (including phenoxy) is 1. The molecule has 0 spiro atoms. The maximum Gasteiger partial charge on any atom is 0.162 e. The molecule has 3 aromatic rings. The lowest BCUT2D eigenvalue weighted by atomic mass is 9.87. The predicted octanol–water partition coefficient (Wildman–Crippen LogP) is 6.51. The summed E-state index contributed by atoms with van der Waals surface area (Å²) in [6.45, 7) is 4.26. The molecule has 1 atom stereocenters. The van der Waals surface area contributed by atoms with Gasteiger partial charge in [0.2, 0.25) is 0 Å². The second-order valence-corrected chi connectivity index (χ2v) is 10.4. The van der Waals surface area contributed by atoms with Crippen LogP contribution in [0.25, 0.3) is 0 Å². The maximum absolute atomic E-state index is 13.0. The fourth-order valence-corrected chi connectivity index (χ4v) is 5.45. The summed E-state index contributed by atoms with van der Waals surface area (Å²) in [5.41, 5.74) is 4.84. The average molecular weight is 499 g/mol. The number of hydrogen-bond acceptors (Lipinski definition) is 4. The van der Waals surface area contributed by atoms with Crippen LogP contribution in [0.4, 0.5) is 0 Å². The summed E-state index contributed by atoms with van der Waals surface area (Å²) in [6, 6.07) is 27.5. The minimum absolute atomic E-state index is 0.278. The lowest BCUT2D eigenvalue weighted by Crippen LogP contribution is -2.33. The van der Waals surface area contributed by atoms with Crippen LogP contribution in [0.15, 0.2) is 78.9 Å². The molecule has 1 fully saturated rings. The molecule has 1 N–H and O–H groups in total. The highest BCUT2D eigenvalue weighted by molar-refractivity contribution is 5.96. The number of likely N-dealkylation sites (tertiary alicyclic amines) is 1. The Bertz CT molecular complexity index is 1070. The van der Waals surface area contributed by atoms with E-state index in [0.717, 1.165) is 56.8 Å². The quantitative estimate of drug-likeness (QED) is 0.273. The summed E-state index contributed by atoms with van der Waals surface area (Å²) in [6.07, 6.45) is 6.07. The van der Waals surface area contributed by atoms with E-state index in [0.29, 0.717) is 18.3 Å². The third-order valence-corrected chi connectivity index (χ3v) is 7.82. The van der Waals surface area contributed by atoms with E-state index in [1.54, 1.807) is 7.11 Å². The first kappa shape index (κ1) is 27.1. The zero-order chi connectivity index (χ0) is 25.9. The van der Waals surface area contributed by atoms with Gasteiger partial charge < -0.3 is 10.1 Å². The third-order valence-electron chi connectivity index (χ3n) is 7.82. The van der Waals surface area contributed by atoms with Gasteiger partial charge in [-0.15, -0.1) is 0 Å². The standard InChI is InChI=1S/C33H42N2O2/c1-34-21-18-31(24-27-8-15-32(37-2)16-9-27)29-11-13-30(14-12-29)33(36)17-10-26-19-22-35(23-20-26)25-28-6-4-3-5-7-28/h3-9,11-16,26,31,34H,10,17-25H2,1-2H3. The first-order valence-corrected chi connectivity index (χ1v) is 13.8. The Hall–Kier alpha value is -2.95. The summed E-state index contributed by atoms with van der Waals surface area (Å²) in [4.78, 5) is 15.5. The topological polar surface area (TPSA) is 41.6 Å². The number of rotatable bonds is 13. The molecule has 0 bridgehead atoms. The Morgan fingerprint density at radius 1 is 0.946 bits per heavy atom. The highest BCUT2D eigenvalue weighted by Gasteiger charge is 2.20. The van der Waals surface area contributed by atoms with Crippen LogP contribution in [0.3, 0.4) is 0 Å². The van der Waals surface area contributed by atoms with Crippen molar-refractivity contribution in [1.82, 2.24) is 10.2 Å². The van der Waals surface area contributed by atoms with Gasteiger partial charge >= 0.3 is 0 Å². The molecule has 4 nitrogen and oxygen atoms in total. The minimum Gasteiger partial charge on any atom is -0.497 e. The van der Waals surface area contributed by atoms with Crippen LogP contribution in [-0.4, -0.2) is 44.5 Å². The van der Waals surface area contributed by atoms with Crippen LogP contribution < -0.4 is 10.1 Å². The van der Waals surface area contributed by atoms with Crippen molar-refractivity contribution >= 4 is 5.78 Å².